The molecule has 4 heteroatoms. The minimum absolute atomic E-state index is 0.181. The van der Waals surface area contributed by atoms with Crippen molar-refractivity contribution in [1.29, 1.82) is 0 Å². The molecule has 0 saturated carbocycles. The SMILES string of the molecule is COc1cccc(C(=O)CN2CCCSCC2)c1. The van der Waals surface area contributed by atoms with Crippen LogP contribution in [0.4, 0.5) is 0 Å². The summed E-state index contributed by atoms with van der Waals surface area (Å²) in [4.78, 5) is 14.4. The Hall–Kier alpha value is -1.00. The molecule has 1 heterocycles. The molecule has 1 aromatic rings. The third-order valence-corrected chi connectivity index (χ3v) is 4.12. The van der Waals surface area contributed by atoms with Crippen LogP contribution < -0.4 is 4.74 Å². The van der Waals surface area contributed by atoms with Gasteiger partial charge in [-0.2, -0.15) is 11.8 Å². The lowest BCUT2D eigenvalue weighted by Gasteiger charge is -2.18. The summed E-state index contributed by atoms with van der Waals surface area (Å²) < 4.78 is 5.15. The molecule has 1 fully saturated rings. The van der Waals surface area contributed by atoms with Crippen LogP contribution in [-0.2, 0) is 0 Å². The van der Waals surface area contributed by atoms with Gasteiger partial charge >= 0.3 is 0 Å². The highest BCUT2D eigenvalue weighted by Gasteiger charge is 2.14. The molecule has 1 aromatic carbocycles. The van der Waals surface area contributed by atoms with Gasteiger partial charge in [-0.25, -0.2) is 0 Å². The van der Waals surface area contributed by atoms with Crippen LogP contribution >= 0.6 is 11.8 Å². The number of thioether (sulfide) groups is 1. The van der Waals surface area contributed by atoms with Crippen LogP contribution in [-0.4, -0.2) is 48.9 Å². The molecule has 1 saturated heterocycles. The predicted molar refractivity (Wildman–Crippen MR) is 75.7 cm³/mol. The topological polar surface area (TPSA) is 29.5 Å². The Bertz CT molecular complexity index is 401. The number of Topliss-reactive ketones (excluding diaryl/α,β-unsaturated/α-hetero) is 1. The first-order chi connectivity index (χ1) is 8.79. The van der Waals surface area contributed by atoms with Crippen LogP contribution in [0, 0.1) is 0 Å². The Morgan fingerprint density at radius 1 is 1.39 bits per heavy atom. The lowest BCUT2D eigenvalue weighted by molar-refractivity contribution is 0.0935. The van der Waals surface area contributed by atoms with Crippen LogP contribution in [0.5, 0.6) is 5.75 Å². The second-order valence-electron chi connectivity index (χ2n) is 4.40. The van der Waals surface area contributed by atoms with Crippen LogP contribution in [0.2, 0.25) is 0 Å². The van der Waals surface area contributed by atoms with E-state index in [1.165, 1.54) is 12.2 Å². The van der Waals surface area contributed by atoms with E-state index in [4.69, 9.17) is 4.74 Å². The first-order valence-corrected chi connectivity index (χ1v) is 7.42. The smallest absolute Gasteiger partial charge is 0.176 e. The average molecular weight is 265 g/mol. The number of ether oxygens (including phenoxy) is 1. The molecule has 98 valence electrons. The maximum absolute atomic E-state index is 12.2. The van der Waals surface area contributed by atoms with E-state index in [-0.39, 0.29) is 5.78 Å². The molecular weight excluding hydrogens is 246 g/mol. The first kappa shape index (κ1) is 13.4. The van der Waals surface area contributed by atoms with E-state index in [1.54, 1.807) is 7.11 Å². The molecule has 1 aliphatic heterocycles. The summed E-state index contributed by atoms with van der Waals surface area (Å²) >= 11 is 1.98. The number of carbonyl (C=O) groups is 1. The Morgan fingerprint density at radius 2 is 2.28 bits per heavy atom. The van der Waals surface area contributed by atoms with Crippen molar-refractivity contribution >= 4 is 17.5 Å². The summed E-state index contributed by atoms with van der Waals surface area (Å²) in [7, 11) is 1.62. The van der Waals surface area contributed by atoms with E-state index < -0.39 is 0 Å². The molecule has 0 bridgehead atoms. The van der Waals surface area contributed by atoms with Gasteiger partial charge < -0.3 is 4.74 Å². The van der Waals surface area contributed by atoms with Crippen LogP contribution in [0.25, 0.3) is 0 Å². The van der Waals surface area contributed by atoms with Crippen LogP contribution in [0.3, 0.4) is 0 Å². The summed E-state index contributed by atoms with van der Waals surface area (Å²) in [6.07, 6.45) is 1.18. The molecule has 0 unspecified atom stereocenters. The Labute approximate surface area is 113 Å². The molecule has 0 amide bonds. The summed E-state index contributed by atoms with van der Waals surface area (Å²) in [5.74, 6) is 3.27. The van der Waals surface area contributed by atoms with E-state index in [0.717, 1.165) is 30.2 Å². The van der Waals surface area contributed by atoms with Gasteiger partial charge in [0.25, 0.3) is 0 Å². The summed E-state index contributed by atoms with van der Waals surface area (Å²) in [6, 6.07) is 7.40. The van der Waals surface area contributed by atoms with Crippen LogP contribution in [0.1, 0.15) is 16.8 Å². The van der Waals surface area contributed by atoms with Crippen molar-refractivity contribution in [3.05, 3.63) is 29.8 Å². The second kappa shape index (κ2) is 6.81. The minimum Gasteiger partial charge on any atom is -0.497 e. The number of benzene rings is 1. The van der Waals surface area contributed by atoms with Crippen molar-refractivity contribution in [2.24, 2.45) is 0 Å². The normalized spacial score (nSPS) is 17.2. The van der Waals surface area contributed by atoms with E-state index >= 15 is 0 Å². The number of methoxy groups -OCH3 is 1. The van der Waals surface area contributed by atoms with E-state index in [0.29, 0.717) is 6.54 Å². The van der Waals surface area contributed by atoms with Gasteiger partial charge in [0.2, 0.25) is 0 Å². The van der Waals surface area contributed by atoms with Gasteiger partial charge in [-0.3, -0.25) is 9.69 Å². The summed E-state index contributed by atoms with van der Waals surface area (Å²) in [5.41, 5.74) is 0.742. The van der Waals surface area contributed by atoms with Crippen molar-refractivity contribution in [2.45, 2.75) is 6.42 Å². The highest BCUT2D eigenvalue weighted by molar-refractivity contribution is 7.99. The van der Waals surface area contributed by atoms with Gasteiger partial charge in [0, 0.05) is 17.9 Å². The molecule has 3 nitrogen and oxygen atoms in total. The standard InChI is InChI=1S/C14H19NO2S/c1-17-13-5-2-4-12(10-13)14(16)11-15-6-3-8-18-9-7-15/h2,4-5,10H,3,6-9,11H2,1H3. The predicted octanol–water partition coefficient (Wildman–Crippen LogP) is 2.32. The monoisotopic (exact) mass is 265 g/mol. The second-order valence-corrected chi connectivity index (χ2v) is 5.62. The zero-order valence-corrected chi connectivity index (χ0v) is 11.5. The fraction of sp³-hybridized carbons (Fsp3) is 0.500. The Balaban J connectivity index is 1.97. The third-order valence-electron chi connectivity index (χ3n) is 3.07. The number of ketones is 1. The quantitative estimate of drug-likeness (QED) is 0.781. The number of nitrogens with zero attached hydrogens (tertiary/aromatic N) is 1. The van der Waals surface area contributed by atoms with Crippen molar-refractivity contribution < 1.29 is 9.53 Å². The van der Waals surface area contributed by atoms with E-state index in [9.17, 15) is 4.79 Å². The molecule has 1 aliphatic rings. The number of carbonyl (C=O) groups excluding carboxylic acids is 1. The lowest BCUT2D eigenvalue weighted by atomic mass is 10.1. The molecule has 0 atom stereocenters. The molecule has 18 heavy (non-hydrogen) atoms. The largest absolute Gasteiger partial charge is 0.497 e. The van der Waals surface area contributed by atoms with Gasteiger partial charge in [0.05, 0.1) is 13.7 Å². The van der Waals surface area contributed by atoms with Crippen molar-refractivity contribution in [1.82, 2.24) is 4.90 Å². The molecule has 0 spiro atoms. The number of hydrogen-bond donors (Lipinski definition) is 0. The Kier molecular flexibility index (Phi) is 5.08. The average Bonchev–Trinajstić information content (AvgIpc) is 2.67. The molecule has 0 radical (unpaired) electrons. The first-order valence-electron chi connectivity index (χ1n) is 6.27. The zero-order chi connectivity index (χ0) is 12.8. The highest BCUT2D eigenvalue weighted by Crippen LogP contribution is 2.15. The fourth-order valence-electron chi connectivity index (χ4n) is 2.05. The molecule has 2 rings (SSSR count). The molecular formula is C14H19NO2S. The lowest BCUT2D eigenvalue weighted by Crippen LogP contribution is -2.31. The highest BCUT2D eigenvalue weighted by atomic mass is 32.2. The Morgan fingerprint density at radius 3 is 3.11 bits per heavy atom. The maximum atomic E-state index is 12.2. The van der Waals surface area contributed by atoms with Gasteiger partial charge in [-0.05, 0) is 30.9 Å². The van der Waals surface area contributed by atoms with Crippen molar-refractivity contribution in [3.63, 3.8) is 0 Å². The summed E-state index contributed by atoms with van der Waals surface area (Å²) in [6.45, 7) is 2.57. The molecule has 0 aliphatic carbocycles. The van der Waals surface area contributed by atoms with Gasteiger partial charge in [0.1, 0.15) is 5.75 Å². The maximum Gasteiger partial charge on any atom is 0.176 e. The van der Waals surface area contributed by atoms with Crippen LogP contribution in [0.15, 0.2) is 24.3 Å². The van der Waals surface area contributed by atoms with E-state index in [1.807, 2.05) is 36.0 Å². The molecule has 0 aromatic heterocycles. The van der Waals surface area contributed by atoms with Gasteiger partial charge in [-0.15, -0.1) is 0 Å². The van der Waals surface area contributed by atoms with Gasteiger partial charge in [-0.1, -0.05) is 12.1 Å². The van der Waals surface area contributed by atoms with E-state index in [2.05, 4.69) is 4.90 Å². The zero-order valence-electron chi connectivity index (χ0n) is 10.7. The van der Waals surface area contributed by atoms with Crippen molar-refractivity contribution in [2.75, 3.05) is 38.2 Å². The summed E-state index contributed by atoms with van der Waals surface area (Å²) in [5, 5.41) is 0. The third kappa shape index (κ3) is 3.75. The minimum atomic E-state index is 0.181. The number of hydrogen-bond acceptors (Lipinski definition) is 4. The molecule has 0 N–H and O–H groups in total. The number of rotatable bonds is 4. The van der Waals surface area contributed by atoms with Gasteiger partial charge in [0.15, 0.2) is 5.78 Å². The van der Waals surface area contributed by atoms with Crippen molar-refractivity contribution in [3.8, 4) is 5.75 Å². The fourth-order valence-corrected chi connectivity index (χ4v) is 2.97.